The van der Waals surface area contributed by atoms with Gasteiger partial charge in [-0.1, -0.05) is 47.5 Å². The Morgan fingerprint density at radius 2 is 1.81 bits per heavy atom. The molecule has 0 amide bonds. The van der Waals surface area contributed by atoms with Gasteiger partial charge in [0, 0.05) is 17.2 Å². The van der Waals surface area contributed by atoms with Crippen molar-refractivity contribution in [3.05, 3.63) is 80.8 Å². The van der Waals surface area contributed by atoms with E-state index in [0.717, 1.165) is 16.7 Å². The van der Waals surface area contributed by atoms with Crippen molar-refractivity contribution in [3.8, 4) is 23.0 Å². The van der Waals surface area contributed by atoms with E-state index in [1.807, 2.05) is 24.3 Å². The highest BCUT2D eigenvalue weighted by Gasteiger charge is 2.50. The first-order valence-corrected chi connectivity index (χ1v) is 10.9. The van der Waals surface area contributed by atoms with Crippen LogP contribution in [0.1, 0.15) is 43.0 Å². The molecule has 1 atom stereocenters. The smallest absolute Gasteiger partial charge is 0.316 e. The van der Waals surface area contributed by atoms with Gasteiger partial charge in [-0.15, -0.1) is 0 Å². The first-order chi connectivity index (χ1) is 15.1. The van der Waals surface area contributed by atoms with Crippen LogP contribution in [-0.4, -0.2) is 11.1 Å². The largest absolute Gasteiger partial charge is 0.508 e. The minimum absolute atomic E-state index is 0.0250. The molecule has 2 heterocycles. The number of fused-ring (bicyclic) bond motifs is 6. The maximum absolute atomic E-state index is 12.5. The standard InChI is InChI=1S/C25H20Cl2O5/c1-24(2,3)23(29)32-22-18(26)11-17-21(20(22)27)31-19-10-14(28)8-9-16(19)25(17)15-7-5-4-6-13(15)12-30-25/h4-11,28H,12H2,1-3H3. The Bertz CT molecular complexity index is 1280. The molecule has 7 heteroatoms. The second kappa shape index (κ2) is 7.14. The van der Waals surface area contributed by atoms with E-state index < -0.39 is 17.0 Å². The van der Waals surface area contributed by atoms with Crippen LogP contribution in [0.2, 0.25) is 10.0 Å². The third-order valence-corrected chi connectivity index (χ3v) is 6.34. The van der Waals surface area contributed by atoms with Crippen LogP contribution in [0.5, 0.6) is 23.0 Å². The number of ether oxygens (including phenoxy) is 3. The number of carbonyl (C=O) groups is 1. The fourth-order valence-corrected chi connectivity index (χ4v) is 4.70. The molecule has 0 saturated carbocycles. The molecule has 1 unspecified atom stereocenters. The van der Waals surface area contributed by atoms with E-state index in [-0.39, 0.29) is 27.3 Å². The van der Waals surface area contributed by atoms with E-state index in [0.29, 0.717) is 17.9 Å². The summed E-state index contributed by atoms with van der Waals surface area (Å²) in [5, 5.41) is 10.3. The molecule has 32 heavy (non-hydrogen) atoms. The summed E-state index contributed by atoms with van der Waals surface area (Å²) >= 11 is 13.3. The predicted molar refractivity (Wildman–Crippen MR) is 121 cm³/mol. The summed E-state index contributed by atoms with van der Waals surface area (Å²) in [6.07, 6.45) is 0. The van der Waals surface area contributed by atoms with Gasteiger partial charge in [0.15, 0.2) is 17.1 Å². The molecule has 3 aromatic carbocycles. The van der Waals surface area contributed by atoms with Crippen molar-refractivity contribution in [3.63, 3.8) is 0 Å². The molecule has 5 rings (SSSR count). The summed E-state index contributed by atoms with van der Waals surface area (Å²) in [6, 6.07) is 14.4. The second-order valence-electron chi connectivity index (χ2n) is 8.93. The number of hydrogen-bond donors (Lipinski definition) is 1. The minimum Gasteiger partial charge on any atom is -0.508 e. The maximum Gasteiger partial charge on any atom is 0.316 e. The van der Waals surface area contributed by atoms with Gasteiger partial charge in [0.25, 0.3) is 0 Å². The summed E-state index contributed by atoms with van der Waals surface area (Å²) in [5.74, 6) is 0.247. The molecule has 0 aliphatic carbocycles. The Morgan fingerprint density at radius 3 is 2.56 bits per heavy atom. The van der Waals surface area contributed by atoms with Crippen molar-refractivity contribution in [2.45, 2.75) is 33.0 Å². The van der Waals surface area contributed by atoms with Crippen LogP contribution in [0.25, 0.3) is 0 Å². The zero-order valence-corrected chi connectivity index (χ0v) is 19.2. The van der Waals surface area contributed by atoms with Gasteiger partial charge in [0.2, 0.25) is 0 Å². The summed E-state index contributed by atoms with van der Waals surface area (Å²) in [6.45, 7) is 5.60. The molecule has 3 aromatic rings. The van der Waals surface area contributed by atoms with E-state index in [1.165, 1.54) is 6.07 Å². The van der Waals surface area contributed by atoms with E-state index in [4.69, 9.17) is 37.4 Å². The minimum atomic E-state index is -1.03. The van der Waals surface area contributed by atoms with Gasteiger partial charge in [-0.2, -0.15) is 0 Å². The molecule has 0 fully saturated rings. The Morgan fingerprint density at radius 1 is 1.06 bits per heavy atom. The molecule has 0 bridgehead atoms. The third kappa shape index (κ3) is 2.99. The molecule has 0 radical (unpaired) electrons. The van der Waals surface area contributed by atoms with Gasteiger partial charge in [-0.05, 0) is 50.1 Å². The van der Waals surface area contributed by atoms with Crippen molar-refractivity contribution < 1.29 is 24.1 Å². The Balaban J connectivity index is 1.77. The molecule has 164 valence electrons. The average molecular weight is 471 g/mol. The Labute approximate surface area is 195 Å². The number of aromatic hydroxyl groups is 1. The lowest BCUT2D eigenvalue weighted by molar-refractivity contribution is -0.142. The van der Waals surface area contributed by atoms with E-state index in [1.54, 1.807) is 39.0 Å². The lowest BCUT2D eigenvalue weighted by atomic mass is 9.77. The van der Waals surface area contributed by atoms with Crippen LogP contribution in [0, 0.1) is 5.41 Å². The third-order valence-electron chi connectivity index (χ3n) is 5.72. The van der Waals surface area contributed by atoms with Gasteiger partial charge in [0.05, 0.1) is 17.0 Å². The van der Waals surface area contributed by atoms with Crippen molar-refractivity contribution in [2.24, 2.45) is 5.41 Å². The molecule has 1 spiro atoms. The molecule has 2 aliphatic heterocycles. The number of halogens is 2. The van der Waals surface area contributed by atoms with Gasteiger partial charge in [-0.3, -0.25) is 4.79 Å². The van der Waals surface area contributed by atoms with Crippen LogP contribution >= 0.6 is 23.2 Å². The van der Waals surface area contributed by atoms with E-state index >= 15 is 0 Å². The van der Waals surface area contributed by atoms with E-state index in [9.17, 15) is 9.90 Å². The average Bonchev–Trinajstić information content (AvgIpc) is 3.11. The Hall–Kier alpha value is -2.73. The summed E-state index contributed by atoms with van der Waals surface area (Å²) < 4.78 is 18.1. The molecule has 0 aromatic heterocycles. The van der Waals surface area contributed by atoms with Crippen LogP contribution in [0.4, 0.5) is 0 Å². The van der Waals surface area contributed by atoms with Crippen molar-refractivity contribution in [2.75, 3.05) is 0 Å². The normalized spacial score (nSPS) is 18.5. The number of phenolic OH excluding ortho intramolecular Hbond substituents is 1. The number of benzene rings is 3. The zero-order valence-electron chi connectivity index (χ0n) is 17.7. The van der Waals surface area contributed by atoms with Crippen LogP contribution < -0.4 is 9.47 Å². The summed E-state index contributed by atoms with van der Waals surface area (Å²) in [5.41, 5.74) is 1.49. The lowest BCUT2D eigenvalue weighted by Gasteiger charge is -2.38. The summed E-state index contributed by atoms with van der Waals surface area (Å²) in [7, 11) is 0. The molecule has 1 N–H and O–H groups in total. The Kier molecular flexibility index (Phi) is 4.71. The zero-order chi connectivity index (χ0) is 22.8. The van der Waals surface area contributed by atoms with Crippen molar-refractivity contribution >= 4 is 29.2 Å². The van der Waals surface area contributed by atoms with Crippen LogP contribution in [0.15, 0.2) is 48.5 Å². The number of hydrogen-bond acceptors (Lipinski definition) is 5. The first kappa shape index (κ1) is 21.1. The summed E-state index contributed by atoms with van der Waals surface area (Å²) in [4.78, 5) is 12.5. The molecule has 5 nitrogen and oxygen atoms in total. The quantitative estimate of drug-likeness (QED) is 0.321. The predicted octanol–water partition coefficient (Wildman–Crippen LogP) is 6.58. The first-order valence-electron chi connectivity index (χ1n) is 10.1. The number of phenols is 1. The fourth-order valence-electron chi connectivity index (χ4n) is 4.13. The monoisotopic (exact) mass is 470 g/mol. The van der Waals surface area contributed by atoms with Gasteiger partial charge >= 0.3 is 5.97 Å². The number of carbonyl (C=O) groups excluding carboxylic acids is 1. The second-order valence-corrected chi connectivity index (χ2v) is 9.71. The number of rotatable bonds is 1. The maximum atomic E-state index is 12.5. The highest BCUT2D eigenvalue weighted by atomic mass is 35.5. The van der Waals surface area contributed by atoms with Crippen LogP contribution in [-0.2, 0) is 21.7 Å². The molecular formula is C25H20Cl2O5. The number of esters is 1. The van der Waals surface area contributed by atoms with Crippen molar-refractivity contribution in [1.29, 1.82) is 0 Å². The van der Waals surface area contributed by atoms with Crippen LogP contribution in [0.3, 0.4) is 0 Å². The van der Waals surface area contributed by atoms with Gasteiger partial charge in [-0.25, -0.2) is 0 Å². The molecule has 2 aliphatic rings. The SMILES string of the molecule is CC(C)(C)C(=O)Oc1c(Cl)cc2c(c1Cl)Oc1cc(O)ccc1C21OCc2ccccc21. The topological polar surface area (TPSA) is 65.0 Å². The van der Waals surface area contributed by atoms with E-state index in [2.05, 4.69) is 0 Å². The fraction of sp³-hybridized carbons (Fsp3) is 0.240. The van der Waals surface area contributed by atoms with Crippen molar-refractivity contribution in [1.82, 2.24) is 0 Å². The highest BCUT2D eigenvalue weighted by Crippen LogP contribution is 2.60. The molecular weight excluding hydrogens is 451 g/mol. The highest BCUT2D eigenvalue weighted by molar-refractivity contribution is 6.38. The van der Waals surface area contributed by atoms with Gasteiger partial charge in [0.1, 0.15) is 16.5 Å². The molecule has 0 saturated heterocycles. The lowest BCUT2D eigenvalue weighted by Crippen LogP contribution is -2.32. The van der Waals surface area contributed by atoms with Gasteiger partial charge < -0.3 is 19.3 Å².